The fourth-order valence-electron chi connectivity index (χ4n) is 2.51. The molecule has 0 aliphatic carbocycles. The maximum absolute atomic E-state index is 13.0. The van der Waals surface area contributed by atoms with E-state index >= 15 is 0 Å². The molecule has 1 amide bonds. The Morgan fingerprint density at radius 2 is 1.81 bits per heavy atom. The summed E-state index contributed by atoms with van der Waals surface area (Å²) in [7, 11) is 0. The highest BCUT2D eigenvalue weighted by molar-refractivity contribution is 6.30. The SMILES string of the molecule is O=C(NCc1cn[nH]c1-c1ccc(Cl)cc1)c1ccccc1C(F)(F)F. The number of carbonyl (C=O) groups excluding carboxylic acids is 1. The third kappa shape index (κ3) is 3.88. The van der Waals surface area contributed by atoms with Crippen LogP contribution in [0.25, 0.3) is 11.3 Å². The van der Waals surface area contributed by atoms with Crippen LogP contribution >= 0.6 is 11.6 Å². The van der Waals surface area contributed by atoms with Crippen LogP contribution in [0.3, 0.4) is 0 Å². The predicted molar refractivity (Wildman–Crippen MR) is 91.6 cm³/mol. The van der Waals surface area contributed by atoms with Crippen molar-refractivity contribution in [1.82, 2.24) is 15.5 Å². The van der Waals surface area contributed by atoms with Gasteiger partial charge in [0, 0.05) is 17.1 Å². The number of nitrogens with one attached hydrogen (secondary N) is 2. The van der Waals surface area contributed by atoms with Crippen LogP contribution in [0.4, 0.5) is 13.2 Å². The molecule has 2 N–H and O–H groups in total. The second kappa shape index (κ2) is 7.21. The van der Waals surface area contributed by atoms with Crippen LogP contribution in [0.1, 0.15) is 21.5 Å². The first-order chi connectivity index (χ1) is 12.4. The van der Waals surface area contributed by atoms with Gasteiger partial charge in [0.1, 0.15) is 0 Å². The lowest BCUT2D eigenvalue weighted by atomic mass is 10.1. The first-order valence-corrected chi connectivity index (χ1v) is 7.96. The number of H-pyrrole nitrogens is 1. The summed E-state index contributed by atoms with van der Waals surface area (Å²) in [6.45, 7) is 0.0273. The Morgan fingerprint density at radius 1 is 1.12 bits per heavy atom. The number of amides is 1. The Bertz CT molecular complexity index is 920. The molecule has 0 fully saturated rings. The van der Waals surface area contributed by atoms with Crippen molar-refractivity contribution in [2.75, 3.05) is 0 Å². The molecule has 3 rings (SSSR count). The van der Waals surface area contributed by atoms with E-state index in [0.717, 1.165) is 17.7 Å². The van der Waals surface area contributed by atoms with Gasteiger partial charge in [0.05, 0.1) is 23.0 Å². The Kier molecular flexibility index (Phi) is 4.99. The van der Waals surface area contributed by atoms with Gasteiger partial charge < -0.3 is 5.32 Å². The molecular formula is C18H13ClF3N3O. The quantitative estimate of drug-likeness (QED) is 0.691. The van der Waals surface area contributed by atoms with Crippen molar-refractivity contribution in [2.45, 2.75) is 12.7 Å². The number of nitrogens with zero attached hydrogens (tertiary/aromatic N) is 1. The van der Waals surface area contributed by atoms with Crippen LogP contribution in [0.2, 0.25) is 5.02 Å². The first kappa shape index (κ1) is 18.0. The molecule has 134 valence electrons. The number of aromatic nitrogens is 2. The van der Waals surface area contributed by atoms with Gasteiger partial charge in [0.25, 0.3) is 5.91 Å². The molecule has 0 aliphatic heterocycles. The highest BCUT2D eigenvalue weighted by atomic mass is 35.5. The van der Waals surface area contributed by atoms with Gasteiger partial charge in [0.15, 0.2) is 0 Å². The molecule has 1 aromatic heterocycles. The van der Waals surface area contributed by atoms with Crippen molar-refractivity contribution < 1.29 is 18.0 Å². The second-order valence-electron chi connectivity index (χ2n) is 5.50. The van der Waals surface area contributed by atoms with Gasteiger partial charge in [-0.25, -0.2) is 0 Å². The minimum absolute atomic E-state index is 0.0273. The summed E-state index contributed by atoms with van der Waals surface area (Å²) in [5.74, 6) is -0.804. The largest absolute Gasteiger partial charge is 0.417 e. The number of rotatable bonds is 4. The Morgan fingerprint density at radius 3 is 2.50 bits per heavy atom. The Hall–Kier alpha value is -2.80. The molecule has 26 heavy (non-hydrogen) atoms. The summed E-state index contributed by atoms with van der Waals surface area (Å²) < 4.78 is 39.1. The minimum Gasteiger partial charge on any atom is -0.348 e. The lowest BCUT2D eigenvalue weighted by Crippen LogP contribution is -2.25. The first-order valence-electron chi connectivity index (χ1n) is 7.59. The van der Waals surface area contributed by atoms with Gasteiger partial charge in [-0.15, -0.1) is 0 Å². The summed E-state index contributed by atoms with van der Waals surface area (Å²) in [4.78, 5) is 12.2. The summed E-state index contributed by atoms with van der Waals surface area (Å²) in [6, 6.07) is 11.6. The predicted octanol–water partition coefficient (Wildman–Crippen LogP) is 4.68. The van der Waals surface area contributed by atoms with Crippen molar-refractivity contribution >= 4 is 17.5 Å². The molecule has 0 atom stereocenters. The topological polar surface area (TPSA) is 57.8 Å². The zero-order chi connectivity index (χ0) is 18.7. The van der Waals surface area contributed by atoms with E-state index in [1.54, 1.807) is 24.3 Å². The highest BCUT2D eigenvalue weighted by Gasteiger charge is 2.34. The smallest absolute Gasteiger partial charge is 0.348 e. The van der Waals surface area contributed by atoms with E-state index in [9.17, 15) is 18.0 Å². The van der Waals surface area contributed by atoms with Crippen molar-refractivity contribution in [3.8, 4) is 11.3 Å². The summed E-state index contributed by atoms with van der Waals surface area (Å²) in [6.07, 6.45) is -3.09. The number of halogens is 4. The maximum Gasteiger partial charge on any atom is 0.417 e. The van der Waals surface area contributed by atoms with E-state index in [-0.39, 0.29) is 6.54 Å². The third-order valence-electron chi connectivity index (χ3n) is 3.77. The molecule has 2 aromatic carbocycles. The van der Waals surface area contributed by atoms with Crippen LogP contribution in [-0.2, 0) is 12.7 Å². The van der Waals surface area contributed by atoms with Crippen LogP contribution in [0.5, 0.6) is 0 Å². The van der Waals surface area contributed by atoms with Crippen LogP contribution in [0, 0.1) is 0 Å². The van der Waals surface area contributed by atoms with Gasteiger partial charge in [-0.3, -0.25) is 9.89 Å². The van der Waals surface area contributed by atoms with E-state index < -0.39 is 23.2 Å². The summed E-state index contributed by atoms with van der Waals surface area (Å²) >= 11 is 5.86. The normalized spacial score (nSPS) is 11.4. The fraction of sp³-hybridized carbons (Fsp3) is 0.111. The standard InChI is InChI=1S/C18H13ClF3N3O/c19-13-7-5-11(6-8-13)16-12(10-24-25-16)9-23-17(26)14-3-1-2-4-15(14)18(20,21)22/h1-8,10H,9H2,(H,23,26)(H,24,25). The van der Waals surface area contributed by atoms with Crippen molar-refractivity contribution in [2.24, 2.45) is 0 Å². The number of alkyl halides is 3. The van der Waals surface area contributed by atoms with E-state index in [1.807, 2.05) is 0 Å². The average molecular weight is 380 g/mol. The zero-order valence-electron chi connectivity index (χ0n) is 13.3. The fourth-order valence-corrected chi connectivity index (χ4v) is 2.64. The number of hydrogen-bond acceptors (Lipinski definition) is 2. The number of carbonyl (C=O) groups is 1. The van der Waals surface area contributed by atoms with Crippen molar-refractivity contribution in [1.29, 1.82) is 0 Å². The lowest BCUT2D eigenvalue weighted by Gasteiger charge is -2.12. The number of hydrogen-bond donors (Lipinski definition) is 2. The Balaban J connectivity index is 1.78. The monoisotopic (exact) mass is 379 g/mol. The van der Waals surface area contributed by atoms with Crippen LogP contribution < -0.4 is 5.32 Å². The van der Waals surface area contributed by atoms with Gasteiger partial charge >= 0.3 is 6.18 Å². The highest BCUT2D eigenvalue weighted by Crippen LogP contribution is 2.32. The Labute approximate surface area is 152 Å². The molecule has 0 saturated heterocycles. The molecule has 0 aliphatic rings. The zero-order valence-corrected chi connectivity index (χ0v) is 14.0. The number of benzene rings is 2. The molecule has 1 heterocycles. The molecule has 4 nitrogen and oxygen atoms in total. The second-order valence-corrected chi connectivity index (χ2v) is 5.94. The van der Waals surface area contributed by atoms with E-state index in [2.05, 4.69) is 15.5 Å². The molecular weight excluding hydrogens is 367 g/mol. The molecule has 8 heteroatoms. The molecule has 0 saturated carbocycles. The van der Waals surface area contributed by atoms with E-state index in [4.69, 9.17) is 11.6 Å². The van der Waals surface area contributed by atoms with E-state index in [0.29, 0.717) is 16.3 Å². The van der Waals surface area contributed by atoms with Crippen molar-refractivity contribution in [3.05, 3.63) is 76.4 Å². The average Bonchev–Trinajstić information content (AvgIpc) is 3.08. The van der Waals surface area contributed by atoms with Gasteiger partial charge in [-0.1, -0.05) is 35.9 Å². The maximum atomic E-state index is 13.0. The molecule has 0 radical (unpaired) electrons. The van der Waals surface area contributed by atoms with Gasteiger partial charge in [0.2, 0.25) is 0 Å². The summed E-state index contributed by atoms with van der Waals surface area (Å²) in [5.41, 5.74) is 0.710. The molecule has 0 spiro atoms. The molecule has 0 unspecified atom stereocenters. The van der Waals surface area contributed by atoms with Crippen LogP contribution in [-0.4, -0.2) is 16.1 Å². The van der Waals surface area contributed by atoms with Gasteiger partial charge in [-0.05, 0) is 29.8 Å². The third-order valence-corrected chi connectivity index (χ3v) is 4.02. The van der Waals surface area contributed by atoms with Crippen LogP contribution in [0.15, 0.2) is 54.7 Å². The summed E-state index contributed by atoms with van der Waals surface area (Å²) in [5, 5.41) is 9.84. The lowest BCUT2D eigenvalue weighted by molar-refractivity contribution is -0.137. The van der Waals surface area contributed by atoms with E-state index in [1.165, 1.54) is 18.3 Å². The number of aromatic amines is 1. The minimum atomic E-state index is -4.60. The molecule has 0 bridgehead atoms. The van der Waals surface area contributed by atoms with Gasteiger partial charge in [-0.2, -0.15) is 18.3 Å². The molecule has 3 aromatic rings. The van der Waals surface area contributed by atoms with Crippen molar-refractivity contribution in [3.63, 3.8) is 0 Å².